The Balaban J connectivity index is 0.00000208. The molecule has 1 saturated heterocycles. The van der Waals surface area contributed by atoms with Gasteiger partial charge in [0.2, 0.25) is 5.91 Å². The molecule has 1 N–H and O–H groups in total. The molecular formula is C16H22ClN5O2. The summed E-state index contributed by atoms with van der Waals surface area (Å²) in [5.41, 5.74) is 1.04. The average Bonchev–Trinajstić information content (AvgIpc) is 3.13. The lowest BCUT2D eigenvalue weighted by Gasteiger charge is -2.37. The number of nitrogens with one attached hydrogen (secondary N) is 1. The van der Waals surface area contributed by atoms with Gasteiger partial charge in [0.05, 0.1) is 19.7 Å². The lowest BCUT2D eigenvalue weighted by atomic mass is 10.0. The number of halogens is 1. The van der Waals surface area contributed by atoms with Crippen molar-refractivity contribution in [3.63, 3.8) is 0 Å². The quantitative estimate of drug-likeness (QED) is 0.878. The molecule has 1 fully saturated rings. The van der Waals surface area contributed by atoms with Crippen molar-refractivity contribution in [3.8, 4) is 5.75 Å². The van der Waals surface area contributed by atoms with E-state index in [1.54, 1.807) is 18.1 Å². The maximum absolute atomic E-state index is 12.7. The molecule has 1 unspecified atom stereocenters. The van der Waals surface area contributed by atoms with E-state index in [0.29, 0.717) is 19.5 Å². The number of benzene rings is 1. The Labute approximate surface area is 147 Å². The van der Waals surface area contributed by atoms with E-state index in [9.17, 15) is 4.79 Å². The first kappa shape index (κ1) is 18.2. The zero-order chi connectivity index (χ0) is 16.1. The van der Waals surface area contributed by atoms with Gasteiger partial charge in [0.15, 0.2) is 0 Å². The van der Waals surface area contributed by atoms with Gasteiger partial charge in [0, 0.05) is 31.6 Å². The zero-order valence-corrected chi connectivity index (χ0v) is 14.4. The molecule has 0 spiro atoms. The molecule has 0 saturated carbocycles. The van der Waals surface area contributed by atoms with E-state index < -0.39 is 0 Å². The predicted octanol–water partition coefficient (Wildman–Crippen LogP) is 1.27. The number of nitrogens with zero attached hydrogens (tertiary/aromatic N) is 4. The smallest absolute Gasteiger partial charge is 0.225 e. The summed E-state index contributed by atoms with van der Waals surface area (Å²) >= 11 is 0. The van der Waals surface area contributed by atoms with Gasteiger partial charge in [0.1, 0.15) is 18.4 Å². The largest absolute Gasteiger partial charge is 0.496 e. The first-order valence-corrected chi connectivity index (χ1v) is 7.75. The SMILES string of the molecule is COc1ccccc1C1CNCCN1C(=O)CCn1cncn1.Cl. The molecule has 7 nitrogen and oxygen atoms in total. The number of hydrogen-bond donors (Lipinski definition) is 1. The van der Waals surface area contributed by atoms with E-state index in [-0.39, 0.29) is 24.4 Å². The van der Waals surface area contributed by atoms with Gasteiger partial charge in [-0.2, -0.15) is 5.10 Å². The van der Waals surface area contributed by atoms with Crippen LogP contribution in [0, 0.1) is 0 Å². The van der Waals surface area contributed by atoms with Crippen LogP contribution >= 0.6 is 12.4 Å². The fourth-order valence-corrected chi connectivity index (χ4v) is 2.92. The van der Waals surface area contributed by atoms with Crippen LogP contribution in [0.4, 0.5) is 0 Å². The molecule has 0 bridgehead atoms. The molecular weight excluding hydrogens is 330 g/mol. The third-order valence-corrected chi connectivity index (χ3v) is 4.08. The van der Waals surface area contributed by atoms with E-state index in [0.717, 1.165) is 24.4 Å². The third-order valence-electron chi connectivity index (χ3n) is 4.08. The molecule has 1 amide bonds. The molecule has 0 radical (unpaired) electrons. The molecule has 130 valence electrons. The number of methoxy groups -OCH3 is 1. The molecule has 8 heteroatoms. The van der Waals surface area contributed by atoms with E-state index >= 15 is 0 Å². The predicted molar refractivity (Wildman–Crippen MR) is 92.2 cm³/mol. The van der Waals surface area contributed by atoms with Crippen LogP contribution in [-0.2, 0) is 11.3 Å². The van der Waals surface area contributed by atoms with Gasteiger partial charge in [-0.25, -0.2) is 4.98 Å². The number of amides is 1. The van der Waals surface area contributed by atoms with Crippen LogP contribution in [0.3, 0.4) is 0 Å². The van der Waals surface area contributed by atoms with E-state index in [1.807, 2.05) is 29.2 Å². The highest BCUT2D eigenvalue weighted by Crippen LogP contribution is 2.30. The van der Waals surface area contributed by atoms with Crippen molar-refractivity contribution in [2.75, 3.05) is 26.7 Å². The fraction of sp³-hybridized carbons (Fsp3) is 0.438. The molecule has 1 aromatic carbocycles. The van der Waals surface area contributed by atoms with Crippen molar-refractivity contribution >= 4 is 18.3 Å². The standard InChI is InChI=1S/C16H21N5O2.ClH/c1-23-15-5-3-2-4-13(15)14-10-17-7-9-21(14)16(22)6-8-20-12-18-11-19-20;/h2-5,11-12,14,17H,6-10H2,1H3;1H. The summed E-state index contributed by atoms with van der Waals surface area (Å²) in [6.45, 7) is 2.77. The number of carbonyl (C=O) groups excluding carboxylic acids is 1. The number of rotatable bonds is 5. The number of para-hydroxylation sites is 1. The Morgan fingerprint density at radius 2 is 2.25 bits per heavy atom. The third kappa shape index (κ3) is 4.04. The molecule has 3 rings (SSSR count). The van der Waals surface area contributed by atoms with Crippen LogP contribution in [0.25, 0.3) is 0 Å². The highest BCUT2D eigenvalue weighted by molar-refractivity contribution is 5.85. The highest BCUT2D eigenvalue weighted by atomic mass is 35.5. The minimum Gasteiger partial charge on any atom is -0.496 e. The average molecular weight is 352 g/mol. The highest BCUT2D eigenvalue weighted by Gasteiger charge is 2.29. The number of hydrogen-bond acceptors (Lipinski definition) is 5. The molecule has 2 heterocycles. The molecule has 24 heavy (non-hydrogen) atoms. The lowest BCUT2D eigenvalue weighted by Crippen LogP contribution is -2.49. The maximum atomic E-state index is 12.7. The molecule has 2 aromatic rings. The first-order chi connectivity index (χ1) is 11.3. The lowest BCUT2D eigenvalue weighted by molar-refractivity contribution is -0.134. The van der Waals surface area contributed by atoms with Crippen molar-refractivity contribution in [2.45, 2.75) is 19.0 Å². The van der Waals surface area contributed by atoms with Crippen LogP contribution in [0.2, 0.25) is 0 Å². The maximum Gasteiger partial charge on any atom is 0.225 e. The molecule has 1 aromatic heterocycles. The van der Waals surface area contributed by atoms with Crippen molar-refractivity contribution in [2.24, 2.45) is 0 Å². The van der Waals surface area contributed by atoms with Crippen molar-refractivity contribution < 1.29 is 9.53 Å². The fourth-order valence-electron chi connectivity index (χ4n) is 2.92. The Bertz CT molecular complexity index is 650. The Morgan fingerprint density at radius 3 is 3.00 bits per heavy atom. The van der Waals surface area contributed by atoms with E-state index in [4.69, 9.17) is 4.74 Å². The first-order valence-electron chi connectivity index (χ1n) is 7.75. The number of carbonyl (C=O) groups is 1. The van der Waals surface area contributed by atoms with Gasteiger partial charge >= 0.3 is 0 Å². The normalized spacial score (nSPS) is 17.2. The summed E-state index contributed by atoms with van der Waals surface area (Å²) in [6.07, 6.45) is 3.52. The number of aromatic nitrogens is 3. The minimum atomic E-state index is -0.0110. The van der Waals surface area contributed by atoms with Crippen molar-refractivity contribution in [1.82, 2.24) is 25.0 Å². The monoisotopic (exact) mass is 351 g/mol. The van der Waals surface area contributed by atoms with Gasteiger partial charge in [-0.3, -0.25) is 9.48 Å². The topological polar surface area (TPSA) is 72.3 Å². The van der Waals surface area contributed by atoms with Crippen LogP contribution in [0.1, 0.15) is 18.0 Å². The van der Waals surface area contributed by atoms with E-state index in [2.05, 4.69) is 15.4 Å². The Kier molecular flexibility index (Phi) is 6.57. The van der Waals surface area contributed by atoms with E-state index in [1.165, 1.54) is 6.33 Å². The molecule has 0 aliphatic carbocycles. The van der Waals surface area contributed by atoms with Gasteiger partial charge in [-0.1, -0.05) is 18.2 Å². The summed E-state index contributed by atoms with van der Waals surface area (Å²) in [7, 11) is 1.66. The van der Waals surface area contributed by atoms with Crippen molar-refractivity contribution in [3.05, 3.63) is 42.5 Å². The van der Waals surface area contributed by atoms with Crippen LogP contribution in [0.15, 0.2) is 36.9 Å². The van der Waals surface area contributed by atoms with Gasteiger partial charge < -0.3 is 15.0 Å². The second-order valence-corrected chi connectivity index (χ2v) is 5.46. The molecule has 1 atom stereocenters. The van der Waals surface area contributed by atoms with Gasteiger partial charge in [-0.05, 0) is 6.07 Å². The number of piperazine rings is 1. The van der Waals surface area contributed by atoms with Crippen LogP contribution < -0.4 is 10.1 Å². The molecule has 1 aliphatic rings. The Morgan fingerprint density at radius 1 is 1.42 bits per heavy atom. The van der Waals surface area contributed by atoms with Crippen LogP contribution in [0.5, 0.6) is 5.75 Å². The zero-order valence-electron chi connectivity index (χ0n) is 13.6. The second-order valence-electron chi connectivity index (χ2n) is 5.46. The number of ether oxygens (including phenoxy) is 1. The minimum absolute atomic E-state index is 0. The van der Waals surface area contributed by atoms with Gasteiger partial charge in [0.25, 0.3) is 0 Å². The summed E-state index contributed by atoms with van der Waals surface area (Å²) in [4.78, 5) is 18.5. The summed E-state index contributed by atoms with van der Waals surface area (Å²) < 4.78 is 7.14. The van der Waals surface area contributed by atoms with Gasteiger partial charge in [-0.15, -0.1) is 12.4 Å². The summed E-state index contributed by atoms with van der Waals surface area (Å²) in [6, 6.07) is 7.86. The second kappa shape index (κ2) is 8.65. The Hall–Kier alpha value is -2.12. The van der Waals surface area contributed by atoms with Crippen molar-refractivity contribution in [1.29, 1.82) is 0 Å². The van der Waals surface area contributed by atoms with Crippen LogP contribution in [-0.4, -0.2) is 52.3 Å². The summed E-state index contributed by atoms with van der Waals surface area (Å²) in [5, 5.41) is 7.40. The molecule has 1 aliphatic heterocycles. The number of aryl methyl sites for hydroxylation is 1. The summed E-state index contributed by atoms with van der Waals surface area (Å²) in [5.74, 6) is 0.938.